The van der Waals surface area contributed by atoms with E-state index in [1.807, 2.05) is 6.92 Å². The van der Waals surface area contributed by atoms with Crippen LogP contribution in [0.3, 0.4) is 0 Å². The first kappa shape index (κ1) is 15.5. The van der Waals surface area contributed by atoms with Crippen LogP contribution < -0.4 is 14.8 Å². The lowest BCUT2D eigenvalue weighted by Crippen LogP contribution is -2.43. The van der Waals surface area contributed by atoms with Crippen molar-refractivity contribution in [2.75, 3.05) is 10.0 Å². The van der Waals surface area contributed by atoms with E-state index < -0.39 is 27.5 Å². The zero-order valence-electron chi connectivity index (χ0n) is 10.7. The number of fused-ring (bicyclic) bond motifs is 1. The molecule has 112 valence electrons. The van der Waals surface area contributed by atoms with E-state index >= 15 is 0 Å². The molecule has 1 aromatic rings. The largest absolute Gasteiger partial charge is 0.368 e. The highest BCUT2D eigenvalue weighted by atomic mass is 35.5. The van der Waals surface area contributed by atoms with Crippen LogP contribution in [0.1, 0.15) is 19.4 Å². The molecule has 2 unspecified atom stereocenters. The molecule has 0 aromatic heterocycles. The first-order valence-corrected chi connectivity index (χ1v) is 8.74. The molecule has 1 aromatic carbocycles. The van der Waals surface area contributed by atoms with Gasteiger partial charge in [-0.2, -0.15) is 4.72 Å². The smallest absolute Gasteiger partial charge is 0.259 e. The fourth-order valence-corrected chi connectivity index (χ4v) is 4.21. The van der Waals surface area contributed by atoms with Crippen LogP contribution in [-0.4, -0.2) is 23.3 Å². The molecule has 0 saturated carbocycles. The summed E-state index contributed by atoms with van der Waals surface area (Å²) in [6.45, 7) is 3.49. The van der Waals surface area contributed by atoms with E-state index in [-0.39, 0.29) is 15.6 Å². The van der Waals surface area contributed by atoms with Gasteiger partial charge in [-0.15, -0.1) is 0 Å². The van der Waals surface area contributed by atoms with Gasteiger partial charge in [0.25, 0.3) is 11.3 Å². The normalized spacial score (nSPS) is 21.7. The van der Waals surface area contributed by atoms with Crippen LogP contribution in [0.15, 0.2) is 11.0 Å². The highest BCUT2D eigenvalue weighted by Crippen LogP contribution is 2.39. The Morgan fingerprint density at radius 3 is 2.75 bits per heavy atom. The lowest BCUT2D eigenvalue weighted by molar-refractivity contribution is 0.564. The van der Waals surface area contributed by atoms with Gasteiger partial charge in [0, 0.05) is 0 Å². The summed E-state index contributed by atoms with van der Waals surface area (Å²) in [4.78, 5) is 0.00444. The highest BCUT2D eigenvalue weighted by molar-refractivity contribution is 7.89. The van der Waals surface area contributed by atoms with Crippen molar-refractivity contribution >= 4 is 44.3 Å². The molecule has 0 aliphatic carbocycles. The molecule has 20 heavy (non-hydrogen) atoms. The lowest BCUT2D eigenvalue weighted by Gasteiger charge is -2.28. The zero-order valence-corrected chi connectivity index (χ0v) is 13.1. The summed E-state index contributed by atoms with van der Waals surface area (Å²) >= 11 is 3.83. The van der Waals surface area contributed by atoms with E-state index in [0.29, 0.717) is 17.7 Å². The van der Waals surface area contributed by atoms with Crippen LogP contribution in [0.4, 0.5) is 11.4 Å². The first-order chi connectivity index (χ1) is 9.26. The summed E-state index contributed by atoms with van der Waals surface area (Å²) in [5, 5.41) is 3.24. The van der Waals surface area contributed by atoms with Gasteiger partial charge in [0.2, 0.25) is 10.0 Å². The lowest BCUT2D eigenvalue weighted by atomic mass is 10.1. The van der Waals surface area contributed by atoms with Crippen LogP contribution >= 0.6 is 11.6 Å². The Morgan fingerprint density at radius 1 is 1.55 bits per heavy atom. The second-order valence-corrected chi connectivity index (χ2v) is 7.04. The van der Waals surface area contributed by atoms with Crippen molar-refractivity contribution in [3.8, 4) is 0 Å². The third-order valence-electron chi connectivity index (χ3n) is 2.86. The van der Waals surface area contributed by atoms with Gasteiger partial charge in [-0.3, -0.25) is 9.27 Å². The van der Waals surface area contributed by atoms with Crippen molar-refractivity contribution in [3.05, 3.63) is 16.7 Å². The average Bonchev–Trinajstić information content (AvgIpc) is 2.30. The maximum absolute atomic E-state index is 12.1. The molecule has 0 radical (unpaired) electrons. The van der Waals surface area contributed by atoms with Gasteiger partial charge in [0.1, 0.15) is 4.90 Å². The maximum atomic E-state index is 12.1. The number of halogens is 1. The number of hydrogen-bond donors (Lipinski definition) is 4. The Morgan fingerprint density at radius 2 is 2.20 bits per heavy atom. The molecule has 2 rings (SSSR count). The molecule has 10 heteroatoms. The molecule has 0 amide bonds. The highest BCUT2D eigenvalue weighted by Gasteiger charge is 2.31. The minimum Gasteiger partial charge on any atom is -0.368 e. The van der Waals surface area contributed by atoms with E-state index in [1.165, 1.54) is 6.07 Å². The third kappa shape index (κ3) is 2.77. The molecular weight excluding hydrogens is 326 g/mol. The second kappa shape index (κ2) is 5.49. The van der Waals surface area contributed by atoms with Crippen LogP contribution in [-0.2, 0) is 27.7 Å². The van der Waals surface area contributed by atoms with Crippen molar-refractivity contribution in [2.24, 2.45) is 0 Å². The van der Waals surface area contributed by atoms with Gasteiger partial charge in [-0.25, -0.2) is 12.6 Å². The number of nitrogens with one attached hydrogen (secondary N) is 3. The van der Waals surface area contributed by atoms with E-state index in [9.17, 15) is 12.6 Å². The minimum atomic E-state index is -3.69. The predicted molar refractivity (Wildman–Crippen MR) is 78.6 cm³/mol. The third-order valence-corrected chi connectivity index (χ3v) is 5.25. The van der Waals surface area contributed by atoms with Gasteiger partial charge in [0.05, 0.1) is 22.6 Å². The van der Waals surface area contributed by atoms with Crippen molar-refractivity contribution in [1.29, 1.82) is 0 Å². The van der Waals surface area contributed by atoms with E-state index in [1.54, 1.807) is 6.92 Å². The summed E-state index contributed by atoms with van der Waals surface area (Å²) in [5.74, 6) is 0. The van der Waals surface area contributed by atoms with E-state index in [4.69, 9.17) is 16.2 Å². The van der Waals surface area contributed by atoms with Gasteiger partial charge < -0.3 is 5.32 Å². The fourth-order valence-electron chi connectivity index (χ4n) is 2.10. The van der Waals surface area contributed by atoms with Crippen molar-refractivity contribution in [1.82, 2.24) is 4.72 Å². The molecule has 0 fully saturated rings. The Kier molecular flexibility index (Phi) is 4.26. The SMILES string of the molecule is CCc1c(Cl)c(NS(=O)O)cc2c1NC(C)NS2(=O)=O. The summed E-state index contributed by atoms with van der Waals surface area (Å²) in [5.41, 5.74) is 1.11. The summed E-state index contributed by atoms with van der Waals surface area (Å²) in [6.07, 6.45) is 0.0175. The topological polar surface area (TPSA) is 108 Å². The summed E-state index contributed by atoms with van der Waals surface area (Å²) in [6, 6.07) is 1.24. The predicted octanol–water partition coefficient (Wildman–Crippen LogP) is 1.50. The van der Waals surface area contributed by atoms with Crippen molar-refractivity contribution in [2.45, 2.75) is 31.3 Å². The van der Waals surface area contributed by atoms with Gasteiger partial charge in [-0.1, -0.05) is 18.5 Å². The molecule has 7 nitrogen and oxygen atoms in total. The van der Waals surface area contributed by atoms with Gasteiger partial charge in [-0.05, 0) is 25.0 Å². The van der Waals surface area contributed by atoms with Crippen LogP contribution in [0.5, 0.6) is 0 Å². The molecule has 0 spiro atoms. The molecule has 1 aliphatic heterocycles. The number of sulfonamides is 1. The summed E-state index contributed by atoms with van der Waals surface area (Å²) < 4.78 is 48.7. The average molecular weight is 340 g/mol. The van der Waals surface area contributed by atoms with E-state index in [0.717, 1.165) is 0 Å². The van der Waals surface area contributed by atoms with Crippen molar-refractivity contribution < 1.29 is 17.2 Å². The number of anilines is 2. The number of hydrogen-bond acceptors (Lipinski definition) is 4. The Balaban J connectivity index is 2.73. The van der Waals surface area contributed by atoms with Crippen LogP contribution in [0.2, 0.25) is 5.02 Å². The Labute approximate surface area is 124 Å². The molecule has 0 bridgehead atoms. The van der Waals surface area contributed by atoms with Crippen molar-refractivity contribution in [3.63, 3.8) is 0 Å². The molecule has 0 saturated heterocycles. The number of benzene rings is 1. The second-order valence-electron chi connectivity index (χ2n) is 4.28. The molecule has 1 heterocycles. The minimum absolute atomic E-state index is 0.00444. The maximum Gasteiger partial charge on any atom is 0.259 e. The fraction of sp³-hybridized carbons (Fsp3) is 0.400. The number of rotatable bonds is 3. The molecular formula is C10H14ClN3O4S2. The van der Waals surface area contributed by atoms with Crippen LogP contribution in [0.25, 0.3) is 0 Å². The zero-order chi connectivity index (χ0) is 15.1. The molecule has 4 N–H and O–H groups in total. The first-order valence-electron chi connectivity index (χ1n) is 5.78. The quantitative estimate of drug-likeness (QED) is 0.624. The van der Waals surface area contributed by atoms with E-state index in [2.05, 4.69) is 14.8 Å². The molecule has 1 aliphatic rings. The summed E-state index contributed by atoms with van der Waals surface area (Å²) in [7, 11) is -3.69. The van der Waals surface area contributed by atoms with Gasteiger partial charge >= 0.3 is 0 Å². The monoisotopic (exact) mass is 339 g/mol. The van der Waals surface area contributed by atoms with Gasteiger partial charge in [0.15, 0.2) is 0 Å². The Bertz CT molecular complexity index is 678. The molecule has 2 atom stereocenters. The standard InChI is InChI=1S/C10H14ClN3O4S2/c1-3-6-9(11)7(13-19(15)16)4-8-10(6)12-5(2)14-20(8,17)18/h4-5,12-14H,3H2,1-2H3,(H,15,16). The Hall–Kier alpha value is -0.870. The van der Waals surface area contributed by atoms with Crippen LogP contribution in [0, 0.1) is 0 Å².